The van der Waals surface area contributed by atoms with Gasteiger partial charge in [0.1, 0.15) is 5.75 Å². The van der Waals surface area contributed by atoms with E-state index < -0.39 is 0 Å². The number of anilines is 1. The van der Waals surface area contributed by atoms with E-state index in [0.717, 1.165) is 18.7 Å². The lowest BCUT2D eigenvalue weighted by Gasteiger charge is -2.18. The standard InChI is InChI=1S/C17H17NO2/c1-20-15-7-4-6-14(11-15)17(19)12-18-10-9-13-5-2-3-8-16(13)18/h2-8,11H,9-10,12H2,1H3. The van der Waals surface area contributed by atoms with E-state index in [1.807, 2.05) is 30.3 Å². The van der Waals surface area contributed by atoms with Crippen LogP contribution in [0.5, 0.6) is 5.75 Å². The Bertz CT molecular complexity index is 636. The Morgan fingerprint density at radius 2 is 2.05 bits per heavy atom. The van der Waals surface area contributed by atoms with Gasteiger partial charge in [-0.1, -0.05) is 30.3 Å². The molecule has 2 aromatic rings. The number of fused-ring (bicyclic) bond motifs is 1. The number of carbonyl (C=O) groups is 1. The predicted octanol–water partition coefficient (Wildman–Crippen LogP) is 2.94. The molecule has 0 atom stereocenters. The molecular weight excluding hydrogens is 250 g/mol. The van der Waals surface area contributed by atoms with E-state index in [1.165, 1.54) is 11.3 Å². The van der Waals surface area contributed by atoms with Crippen LogP contribution >= 0.6 is 0 Å². The maximum atomic E-state index is 12.4. The summed E-state index contributed by atoms with van der Waals surface area (Å²) in [5, 5.41) is 0. The van der Waals surface area contributed by atoms with Gasteiger partial charge in [0.2, 0.25) is 0 Å². The molecule has 0 radical (unpaired) electrons. The molecule has 20 heavy (non-hydrogen) atoms. The van der Waals surface area contributed by atoms with E-state index in [4.69, 9.17) is 4.74 Å². The number of hydrogen-bond acceptors (Lipinski definition) is 3. The van der Waals surface area contributed by atoms with Gasteiger partial charge in [-0.15, -0.1) is 0 Å². The lowest BCUT2D eigenvalue weighted by Crippen LogP contribution is -2.28. The average molecular weight is 267 g/mol. The summed E-state index contributed by atoms with van der Waals surface area (Å²) >= 11 is 0. The van der Waals surface area contributed by atoms with Crippen molar-refractivity contribution < 1.29 is 9.53 Å². The van der Waals surface area contributed by atoms with Crippen molar-refractivity contribution in [3.8, 4) is 5.75 Å². The molecule has 102 valence electrons. The van der Waals surface area contributed by atoms with E-state index in [1.54, 1.807) is 13.2 Å². The van der Waals surface area contributed by atoms with Crippen LogP contribution in [0.25, 0.3) is 0 Å². The largest absolute Gasteiger partial charge is 0.497 e. The molecule has 0 bridgehead atoms. The maximum absolute atomic E-state index is 12.4. The zero-order valence-corrected chi connectivity index (χ0v) is 11.5. The number of benzene rings is 2. The van der Waals surface area contributed by atoms with Crippen molar-refractivity contribution in [1.29, 1.82) is 0 Å². The van der Waals surface area contributed by atoms with Crippen molar-refractivity contribution in [3.05, 3.63) is 59.7 Å². The first-order valence-electron chi connectivity index (χ1n) is 6.78. The topological polar surface area (TPSA) is 29.5 Å². The van der Waals surface area contributed by atoms with Gasteiger partial charge in [-0.25, -0.2) is 0 Å². The number of para-hydroxylation sites is 1. The number of nitrogens with zero attached hydrogens (tertiary/aromatic N) is 1. The van der Waals surface area contributed by atoms with Crippen LogP contribution in [0.1, 0.15) is 15.9 Å². The summed E-state index contributed by atoms with van der Waals surface area (Å²) in [5.74, 6) is 0.846. The molecule has 0 aromatic heterocycles. The minimum Gasteiger partial charge on any atom is -0.497 e. The number of hydrogen-bond donors (Lipinski definition) is 0. The van der Waals surface area contributed by atoms with Crippen LogP contribution in [-0.2, 0) is 6.42 Å². The third kappa shape index (κ3) is 2.39. The van der Waals surface area contributed by atoms with Crippen LogP contribution in [0.15, 0.2) is 48.5 Å². The van der Waals surface area contributed by atoms with Gasteiger partial charge in [-0.05, 0) is 30.2 Å². The highest BCUT2D eigenvalue weighted by Crippen LogP contribution is 2.27. The molecule has 2 aromatic carbocycles. The fourth-order valence-electron chi connectivity index (χ4n) is 2.63. The Balaban J connectivity index is 1.77. The van der Waals surface area contributed by atoms with Crippen LogP contribution in [0.3, 0.4) is 0 Å². The maximum Gasteiger partial charge on any atom is 0.182 e. The summed E-state index contributed by atoms with van der Waals surface area (Å²) in [4.78, 5) is 14.5. The van der Waals surface area contributed by atoms with E-state index in [-0.39, 0.29) is 5.78 Å². The molecule has 0 N–H and O–H groups in total. The monoisotopic (exact) mass is 267 g/mol. The smallest absolute Gasteiger partial charge is 0.182 e. The van der Waals surface area contributed by atoms with Crippen LogP contribution < -0.4 is 9.64 Å². The molecule has 0 amide bonds. The lowest BCUT2D eigenvalue weighted by molar-refractivity contribution is 0.0999. The molecule has 1 heterocycles. The number of Topliss-reactive ketones (excluding diaryl/α,β-unsaturated/α-hetero) is 1. The van der Waals surface area contributed by atoms with Gasteiger partial charge >= 0.3 is 0 Å². The Labute approximate surface area is 118 Å². The number of carbonyl (C=O) groups excluding carboxylic acids is 1. The number of rotatable bonds is 4. The minimum absolute atomic E-state index is 0.126. The molecule has 0 saturated heterocycles. The lowest BCUT2D eigenvalue weighted by atomic mass is 10.1. The minimum atomic E-state index is 0.126. The van der Waals surface area contributed by atoms with E-state index in [0.29, 0.717) is 12.1 Å². The first-order chi connectivity index (χ1) is 9.78. The Hall–Kier alpha value is -2.29. The van der Waals surface area contributed by atoms with Crippen molar-refractivity contribution in [2.24, 2.45) is 0 Å². The Morgan fingerprint density at radius 1 is 1.20 bits per heavy atom. The predicted molar refractivity (Wildman–Crippen MR) is 79.7 cm³/mol. The normalized spacial score (nSPS) is 13.2. The molecule has 3 heteroatoms. The SMILES string of the molecule is COc1cccc(C(=O)CN2CCc3ccccc32)c1. The number of ketones is 1. The van der Waals surface area contributed by atoms with Gasteiger partial charge in [0.15, 0.2) is 5.78 Å². The molecule has 0 spiro atoms. The van der Waals surface area contributed by atoms with Gasteiger partial charge in [0.25, 0.3) is 0 Å². The third-order valence-electron chi connectivity index (χ3n) is 3.71. The Morgan fingerprint density at radius 3 is 2.90 bits per heavy atom. The van der Waals surface area contributed by atoms with Gasteiger partial charge in [-0.2, -0.15) is 0 Å². The summed E-state index contributed by atoms with van der Waals surface area (Å²) in [5.41, 5.74) is 3.21. The highest BCUT2D eigenvalue weighted by Gasteiger charge is 2.21. The van der Waals surface area contributed by atoms with Gasteiger partial charge in [-0.3, -0.25) is 4.79 Å². The average Bonchev–Trinajstić information content (AvgIpc) is 2.90. The highest BCUT2D eigenvalue weighted by molar-refractivity contribution is 5.99. The first kappa shape index (κ1) is 12.7. The molecule has 3 nitrogen and oxygen atoms in total. The van der Waals surface area contributed by atoms with E-state index in [2.05, 4.69) is 17.0 Å². The zero-order chi connectivity index (χ0) is 13.9. The van der Waals surface area contributed by atoms with E-state index in [9.17, 15) is 4.79 Å². The fraction of sp³-hybridized carbons (Fsp3) is 0.235. The van der Waals surface area contributed by atoms with Crippen molar-refractivity contribution in [2.45, 2.75) is 6.42 Å². The second-order valence-electron chi connectivity index (χ2n) is 4.96. The second kappa shape index (κ2) is 5.37. The number of methoxy groups -OCH3 is 1. The zero-order valence-electron chi connectivity index (χ0n) is 11.5. The van der Waals surface area contributed by atoms with Gasteiger partial charge in [0, 0.05) is 17.8 Å². The van der Waals surface area contributed by atoms with Crippen molar-refractivity contribution in [1.82, 2.24) is 0 Å². The van der Waals surface area contributed by atoms with Crippen LogP contribution in [0.2, 0.25) is 0 Å². The summed E-state index contributed by atoms with van der Waals surface area (Å²) in [7, 11) is 1.61. The van der Waals surface area contributed by atoms with Crippen molar-refractivity contribution in [3.63, 3.8) is 0 Å². The summed E-state index contributed by atoms with van der Waals surface area (Å²) < 4.78 is 5.17. The molecule has 1 aliphatic heterocycles. The van der Waals surface area contributed by atoms with Crippen molar-refractivity contribution >= 4 is 11.5 Å². The molecule has 0 saturated carbocycles. The fourth-order valence-corrected chi connectivity index (χ4v) is 2.63. The number of ether oxygens (including phenoxy) is 1. The summed E-state index contributed by atoms with van der Waals surface area (Å²) in [6.45, 7) is 1.33. The van der Waals surface area contributed by atoms with Crippen LogP contribution in [0, 0.1) is 0 Å². The molecule has 1 aliphatic rings. The van der Waals surface area contributed by atoms with Crippen LogP contribution in [0.4, 0.5) is 5.69 Å². The first-order valence-corrected chi connectivity index (χ1v) is 6.78. The van der Waals surface area contributed by atoms with E-state index >= 15 is 0 Å². The summed E-state index contributed by atoms with van der Waals surface area (Å²) in [6, 6.07) is 15.6. The van der Waals surface area contributed by atoms with Crippen molar-refractivity contribution in [2.75, 3.05) is 25.1 Å². The quantitative estimate of drug-likeness (QED) is 0.798. The third-order valence-corrected chi connectivity index (χ3v) is 3.71. The molecule has 0 unspecified atom stereocenters. The molecule has 0 fully saturated rings. The highest BCUT2D eigenvalue weighted by atomic mass is 16.5. The Kier molecular flexibility index (Phi) is 3.42. The van der Waals surface area contributed by atoms with Crippen LogP contribution in [-0.4, -0.2) is 26.0 Å². The molecular formula is C17H17NO2. The second-order valence-corrected chi connectivity index (χ2v) is 4.96. The molecule has 0 aliphatic carbocycles. The molecule has 3 rings (SSSR count). The van der Waals surface area contributed by atoms with Gasteiger partial charge < -0.3 is 9.64 Å². The summed E-state index contributed by atoms with van der Waals surface area (Å²) in [6.07, 6.45) is 1.02. The van der Waals surface area contributed by atoms with Gasteiger partial charge in [0.05, 0.1) is 13.7 Å².